The summed E-state index contributed by atoms with van der Waals surface area (Å²) in [4.78, 5) is 53.1. The van der Waals surface area contributed by atoms with E-state index in [4.69, 9.17) is 9.47 Å². The van der Waals surface area contributed by atoms with Crippen molar-refractivity contribution in [1.29, 1.82) is 0 Å². The number of carbonyl (C=O) groups excluding carboxylic acids is 2. The number of carbonyl (C=O) groups is 2. The van der Waals surface area contributed by atoms with Crippen molar-refractivity contribution < 1.29 is 27.8 Å². The van der Waals surface area contributed by atoms with E-state index in [1.54, 1.807) is 25.4 Å². The van der Waals surface area contributed by atoms with Crippen LogP contribution in [0.4, 0.5) is 8.78 Å². The molecule has 2 aromatic rings. The second kappa shape index (κ2) is 21.7. The van der Waals surface area contributed by atoms with Crippen LogP contribution in [-0.2, 0) is 31.9 Å². The molecule has 2 atom stereocenters. The van der Waals surface area contributed by atoms with E-state index in [2.05, 4.69) is 23.7 Å². The highest BCUT2D eigenvalue weighted by molar-refractivity contribution is 5.74. The van der Waals surface area contributed by atoms with E-state index in [-0.39, 0.29) is 34.9 Å². The van der Waals surface area contributed by atoms with Gasteiger partial charge < -0.3 is 19.0 Å². The Hall–Kier alpha value is -3.38. The maximum atomic E-state index is 12.9. The Morgan fingerprint density at radius 1 is 0.776 bits per heavy atom. The van der Waals surface area contributed by atoms with Crippen LogP contribution < -0.4 is 11.1 Å². The first-order valence-electron chi connectivity index (χ1n) is 17.7. The second-order valence-corrected chi connectivity index (χ2v) is 13.7. The van der Waals surface area contributed by atoms with Crippen LogP contribution in [0.5, 0.6) is 0 Å². The Balaban J connectivity index is 0.000000282. The summed E-state index contributed by atoms with van der Waals surface area (Å²) in [5, 5.41) is 0. The molecule has 2 saturated heterocycles. The fraction of sp³-hybridized carbons (Fsp3) is 0.676. The molecular formula is C37H58F2N4O6. The zero-order chi connectivity index (χ0) is 36.5. The molecular weight excluding hydrogens is 634 g/mol. The average molecular weight is 693 g/mol. The van der Waals surface area contributed by atoms with Gasteiger partial charge >= 0.3 is 11.9 Å². The first-order valence-corrected chi connectivity index (χ1v) is 17.7. The van der Waals surface area contributed by atoms with E-state index >= 15 is 0 Å². The van der Waals surface area contributed by atoms with Crippen LogP contribution in [0.1, 0.15) is 78.5 Å². The molecule has 0 saturated carbocycles. The summed E-state index contributed by atoms with van der Waals surface area (Å²) >= 11 is 0. The van der Waals surface area contributed by atoms with Crippen LogP contribution in [0.15, 0.2) is 46.2 Å². The number of halogens is 2. The molecule has 0 radical (unpaired) electrons. The minimum atomic E-state index is -0.710. The standard InChI is InChI=1S/C18H27FN2O3.C10H13FN2O.C9H18O2/c1-4-24-18(23)16(9-13(2)3)21-10-14(5-6-17(21)22)7-8-20-11-15(19)12-20;11-9-6-13(7-9)4-3-8-1-2-10(14)12-5-8;1-5-11-9(10)8(4)6-7(2)3/h5-6,10,13,15-16H,4,7-9,11-12H2,1-3H3;1-2,5,9H,3-4,6-7H2,(H,12,14);7-8H,5-6H2,1-4H3. The summed E-state index contributed by atoms with van der Waals surface area (Å²) in [6, 6.07) is 6.00. The number of pyridine rings is 2. The van der Waals surface area contributed by atoms with Crippen LogP contribution in [0, 0.1) is 17.8 Å². The quantitative estimate of drug-likeness (QED) is 0.260. The number of hydrogen-bond acceptors (Lipinski definition) is 8. The molecule has 0 spiro atoms. The Bertz CT molecular complexity index is 1360. The van der Waals surface area contributed by atoms with Gasteiger partial charge in [0.15, 0.2) is 0 Å². The summed E-state index contributed by atoms with van der Waals surface area (Å²) < 4.78 is 36.8. The topological polar surface area (TPSA) is 114 Å². The van der Waals surface area contributed by atoms with E-state index in [1.807, 2.05) is 38.7 Å². The zero-order valence-corrected chi connectivity index (χ0v) is 30.5. The van der Waals surface area contributed by atoms with Crippen molar-refractivity contribution in [3.05, 3.63) is 68.5 Å². The number of aromatic amines is 1. The average Bonchev–Trinajstić information content (AvgIpc) is 3.01. The third kappa shape index (κ3) is 15.8. The molecule has 4 heterocycles. The lowest BCUT2D eigenvalue weighted by Crippen LogP contribution is -2.48. The van der Waals surface area contributed by atoms with Crippen LogP contribution in [-0.4, -0.2) is 96.1 Å². The molecule has 0 bridgehead atoms. The molecule has 0 aliphatic carbocycles. The monoisotopic (exact) mass is 692 g/mol. The van der Waals surface area contributed by atoms with Crippen LogP contribution in [0.25, 0.3) is 0 Å². The zero-order valence-electron chi connectivity index (χ0n) is 30.5. The van der Waals surface area contributed by atoms with Gasteiger partial charge in [-0.25, -0.2) is 13.6 Å². The van der Waals surface area contributed by atoms with Crippen molar-refractivity contribution >= 4 is 11.9 Å². The van der Waals surface area contributed by atoms with Crippen molar-refractivity contribution in [2.75, 3.05) is 52.5 Å². The van der Waals surface area contributed by atoms with Gasteiger partial charge in [-0.15, -0.1) is 0 Å². The molecule has 0 amide bonds. The SMILES string of the molecule is CCOC(=O)C(C)CC(C)C.CCOC(=O)C(CC(C)C)n1cc(CCN2CC(F)C2)ccc1=O.O=c1ccc(CCN2CC(F)C2)c[nH]1. The van der Waals surface area contributed by atoms with Gasteiger partial charge in [-0.3, -0.25) is 24.2 Å². The third-order valence-electron chi connectivity index (χ3n) is 8.21. The lowest BCUT2D eigenvalue weighted by atomic mass is 9.99. The molecule has 2 aromatic heterocycles. The highest BCUT2D eigenvalue weighted by Gasteiger charge is 2.27. The van der Waals surface area contributed by atoms with Crippen molar-refractivity contribution in [2.24, 2.45) is 17.8 Å². The van der Waals surface area contributed by atoms with E-state index in [1.165, 1.54) is 16.7 Å². The molecule has 2 aliphatic rings. The molecule has 276 valence electrons. The predicted octanol–water partition coefficient (Wildman–Crippen LogP) is 5.00. The van der Waals surface area contributed by atoms with Gasteiger partial charge in [0, 0.05) is 63.8 Å². The number of ether oxygens (including phenoxy) is 2. The highest BCUT2D eigenvalue weighted by atomic mass is 19.1. The molecule has 1 N–H and O–H groups in total. The molecule has 49 heavy (non-hydrogen) atoms. The Kier molecular flexibility index (Phi) is 18.5. The largest absolute Gasteiger partial charge is 0.466 e. The number of likely N-dealkylation sites (tertiary alicyclic amines) is 2. The molecule has 0 aromatic carbocycles. The summed E-state index contributed by atoms with van der Waals surface area (Å²) in [5.74, 6) is 0.441. The van der Waals surface area contributed by atoms with Gasteiger partial charge in [0.1, 0.15) is 18.4 Å². The first kappa shape index (κ1) is 41.8. The number of rotatable bonds is 15. The Morgan fingerprint density at radius 2 is 1.29 bits per heavy atom. The number of nitrogens with zero attached hydrogens (tertiary/aromatic N) is 3. The van der Waals surface area contributed by atoms with Crippen molar-refractivity contribution in [2.45, 2.75) is 92.5 Å². The van der Waals surface area contributed by atoms with Gasteiger partial charge in [0.05, 0.1) is 19.1 Å². The lowest BCUT2D eigenvalue weighted by molar-refractivity contribution is -0.148. The number of aromatic nitrogens is 2. The highest BCUT2D eigenvalue weighted by Crippen LogP contribution is 2.19. The Labute approximate surface area is 290 Å². The molecule has 2 fully saturated rings. The number of alkyl halides is 2. The van der Waals surface area contributed by atoms with E-state index in [0.29, 0.717) is 51.7 Å². The third-order valence-corrected chi connectivity index (χ3v) is 8.21. The smallest absolute Gasteiger partial charge is 0.329 e. The fourth-order valence-electron chi connectivity index (χ4n) is 5.59. The van der Waals surface area contributed by atoms with Gasteiger partial charge in [-0.05, 0) is 62.5 Å². The van der Waals surface area contributed by atoms with Gasteiger partial charge in [-0.2, -0.15) is 0 Å². The molecule has 4 rings (SSSR count). The maximum absolute atomic E-state index is 12.9. The normalized spacial score (nSPS) is 16.4. The van der Waals surface area contributed by atoms with Crippen LogP contribution >= 0.6 is 0 Å². The molecule has 10 nitrogen and oxygen atoms in total. The number of H-pyrrole nitrogens is 1. The lowest BCUT2D eigenvalue weighted by Gasteiger charge is -2.34. The molecule has 2 unspecified atom stereocenters. The van der Waals surface area contributed by atoms with Crippen molar-refractivity contribution in [3.8, 4) is 0 Å². The molecule has 12 heteroatoms. The van der Waals surface area contributed by atoms with Crippen LogP contribution in [0.2, 0.25) is 0 Å². The molecule has 2 aliphatic heterocycles. The predicted molar refractivity (Wildman–Crippen MR) is 188 cm³/mol. The second-order valence-electron chi connectivity index (χ2n) is 13.7. The van der Waals surface area contributed by atoms with Crippen molar-refractivity contribution in [1.82, 2.24) is 19.4 Å². The number of nitrogens with one attached hydrogen (secondary N) is 1. The first-order chi connectivity index (χ1) is 23.2. The van der Waals surface area contributed by atoms with Gasteiger partial charge in [0.25, 0.3) is 5.56 Å². The van der Waals surface area contributed by atoms with E-state index < -0.39 is 18.4 Å². The summed E-state index contributed by atoms with van der Waals surface area (Å²) in [7, 11) is 0. The summed E-state index contributed by atoms with van der Waals surface area (Å²) in [6.07, 6.45) is 5.18. The van der Waals surface area contributed by atoms with Crippen LogP contribution in [0.3, 0.4) is 0 Å². The number of hydrogen-bond donors (Lipinski definition) is 1. The van der Waals surface area contributed by atoms with Crippen molar-refractivity contribution in [3.63, 3.8) is 0 Å². The number of esters is 2. The summed E-state index contributed by atoms with van der Waals surface area (Å²) in [6.45, 7) is 18.2. The van der Waals surface area contributed by atoms with Gasteiger partial charge in [0.2, 0.25) is 5.56 Å². The van der Waals surface area contributed by atoms with Gasteiger partial charge in [-0.1, -0.05) is 46.8 Å². The fourth-order valence-corrected chi connectivity index (χ4v) is 5.59. The minimum Gasteiger partial charge on any atom is -0.466 e. The van der Waals surface area contributed by atoms with E-state index in [9.17, 15) is 28.0 Å². The Morgan fingerprint density at radius 3 is 1.76 bits per heavy atom. The maximum Gasteiger partial charge on any atom is 0.329 e. The summed E-state index contributed by atoms with van der Waals surface area (Å²) in [5.41, 5.74) is 1.77. The van der Waals surface area contributed by atoms with E-state index in [0.717, 1.165) is 43.5 Å². The minimum absolute atomic E-state index is 0.0509.